The first-order valence-corrected chi connectivity index (χ1v) is 9.29. The number of ether oxygens (including phenoxy) is 1. The Morgan fingerprint density at radius 3 is 2.29 bits per heavy atom. The summed E-state index contributed by atoms with van der Waals surface area (Å²) < 4.78 is 5.13. The Bertz CT molecular complexity index is 973. The maximum absolute atomic E-state index is 12.2. The number of thiazole rings is 1. The molecular weight excluding hydrogens is 378 g/mol. The second-order valence-electron chi connectivity index (χ2n) is 5.76. The minimum atomic E-state index is -1.11. The third-order valence-electron chi connectivity index (χ3n) is 3.72. The van der Waals surface area contributed by atoms with Gasteiger partial charge in [-0.25, -0.2) is 9.78 Å². The van der Waals surface area contributed by atoms with E-state index in [0.717, 1.165) is 5.56 Å². The maximum Gasteiger partial charge on any atom is 0.358 e. The van der Waals surface area contributed by atoms with E-state index >= 15 is 0 Å². The summed E-state index contributed by atoms with van der Waals surface area (Å²) >= 11 is 1.31. The van der Waals surface area contributed by atoms with E-state index < -0.39 is 23.9 Å². The summed E-state index contributed by atoms with van der Waals surface area (Å²) in [4.78, 5) is 40.4. The van der Waals surface area contributed by atoms with Crippen molar-refractivity contribution in [3.05, 3.63) is 77.3 Å². The van der Waals surface area contributed by atoms with Gasteiger partial charge in [0, 0.05) is 16.5 Å². The summed E-state index contributed by atoms with van der Waals surface area (Å²) in [5.41, 5.74) is 5.91. The first kappa shape index (κ1) is 19.2. The third kappa shape index (κ3) is 4.80. The first-order chi connectivity index (χ1) is 13.5. The van der Waals surface area contributed by atoms with Crippen LogP contribution in [0.25, 0.3) is 10.6 Å². The van der Waals surface area contributed by atoms with E-state index in [1.807, 2.05) is 30.3 Å². The second kappa shape index (κ2) is 8.92. The van der Waals surface area contributed by atoms with Crippen molar-refractivity contribution in [2.45, 2.75) is 13.0 Å². The quantitative estimate of drug-likeness (QED) is 0.511. The van der Waals surface area contributed by atoms with Gasteiger partial charge >= 0.3 is 5.97 Å². The second-order valence-corrected chi connectivity index (χ2v) is 6.62. The molecule has 0 radical (unpaired) electrons. The van der Waals surface area contributed by atoms with Gasteiger partial charge in [0.25, 0.3) is 11.8 Å². The van der Waals surface area contributed by atoms with Crippen molar-refractivity contribution in [1.82, 2.24) is 15.8 Å². The zero-order valence-corrected chi connectivity index (χ0v) is 15.7. The van der Waals surface area contributed by atoms with E-state index in [-0.39, 0.29) is 5.69 Å². The Labute approximate surface area is 165 Å². The zero-order chi connectivity index (χ0) is 19.9. The van der Waals surface area contributed by atoms with Crippen LogP contribution >= 0.6 is 11.3 Å². The summed E-state index contributed by atoms with van der Waals surface area (Å²) in [6.45, 7) is 1.41. The van der Waals surface area contributed by atoms with E-state index in [2.05, 4.69) is 15.8 Å². The minimum absolute atomic E-state index is 0.122. The number of carbonyl (C=O) groups is 3. The van der Waals surface area contributed by atoms with E-state index in [1.165, 1.54) is 18.3 Å². The molecule has 0 saturated carbocycles. The number of nitrogens with one attached hydrogen (secondary N) is 2. The number of carbonyl (C=O) groups excluding carboxylic acids is 3. The first-order valence-electron chi connectivity index (χ1n) is 8.42. The van der Waals surface area contributed by atoms with Gasteiger partial charge in [0.05, 0.1) is 0 Å². The van der Waals surface area contributed by atoms with Gasteiger partial charge in [0.1, 0.15) is 5.01 Å². The van der Waals surface area contributed by atoms with Crippen molar-refractivity contribution in [2.24, 2.45) is 0 Å². The molecule has 0 unspecified atom stereocenters. The van der Waals surface area contributed by atoms with Crippen molar-refractivity contribution < 1.29 is 19.1 Å². The molecule has 8 heteroatoms. The van der Waals surface area contributed by atoms with Crippen LogP contribution in [0.5, 0.6) is 0 Å². The van der Waals surface area contributed by atoms with Crippen molar-refractivity contribution in [3.63, 3.8) is 0 Å². The molecule has 0 fully saturated rings. The highest BCUT2D eigenvalue weighted by molar-refractivity contribution is 7.13. The van der Waals surface area contributed by atoms with Gasteiger partial charge in [-0.15, -0.1) is 11.3 Å². The molecule has 0 saturated heterocycles. The Hall–Kier alpha value is -3.52. The largest absolute Gasteiger partial charge is 0.448 e. The van der Waals surface area contributed by atoms with Crippen LogP contribution < -0.4 is 10.9 Å². The highest BCUT2D eigenvalue weighted by Gasteiger charge is 2.21. The topological polar surface area (TPSA) is 97.4 Å². The SMILES string of the molecule is C[C@@H](OC(=O)c1csc(-c2ccccc2)n1)C(=O)NNC(=O)c1ccccc1. The number of aromatic nitrogens is 1. The summed E-state index contributed by atoms with van der Waals surface area (Å²) in [6.07, 6.45) is -1.11. The lowest BCUT2D eigenvalue weighted by Gasteiger charge is -2.13. The van der Waals surface area contributed by atoms with Crippen LogP contribution in [0.15, 0.2) is 66.0 Å². The van der Waals surface area contributed by atoms with Gasteiger partial charge in [-0.2, -0.15) is 0 Å². The van der Waals surface area contributed by atoms with Gasteiger partial charge < -0.3 is 4.74 Å². The maximum atomic E-state index is 12.2. The number of benzene rings is 2. The van der Waals surface area contributed by atoms with Crippen LogP contribution in [-0.2, 0) is 9.53 Å². The van der Waals surface area contributed by atoms with E-state index in [1.54, 1.807) is 35.7 Å². The van der Waals surface area contributed by atoms with Crippen LogP contribution in [0, 0.1) is 0 Å². The van der Waals surface area contributed by atoms with Crippen LogP contribution in [0.1, 0.15) is 27.8 Å². The number of hydrazine groups is 1. The zero-order valence-electron chi connectivity index (χ0n) is 14.9. The van der Waals surface area contributed by atoms with Crippen molar-refractivity contribution in [2.75, 3.05) is 0 Å². The Balaban J connectivity index is 1.53. The van der Waals surface area contributed by atoms with Gasteiger partial charge in [0.15, 0.2) is 11.8 Å². The third-order valence-corrected chi connectivity index (χ3v) is 4.61. The number of rotatable bonds is 5. The van der Waals surface area contributed by atoms with Crippen LogP contribution in [0.3, 0.4) is 0 Å². The number of hydrogen-bond acceptors (Lipinski definition) is 6. The smallest absolute Gasteiger partial charge is 0.358 e. The lowest BCUT2D eigenvalue weighted by atomic mass is 10.2. The fourth-order valence-electron chi connectivity index (χ4n) is 2.24. The van der Waals surface area contributed by atoms with Gasteiger partial charge in [-0.3, -0.25) is 20.4 Å². The molecule has 1 aromatic heterocycles. The van der Waals surface area contributed by atoms with Crippen LogP contribution in [0.4, 0.5) is 0 Å². The lowest BCUT2D eigenvalue weighted by molar-refractivity contribution is -0.129. The highest BCUT2D eigenvalue weighted by Crippen LogP contribution is 2.23. The molecule has 1 heterocycles. The van der Waals surface area contributed by atoms with Gasteiger partial charge in [-0.1, -0.05) is 48.5 Å². The number of esters is 1. The predicted molar refractivity (Wildman–Crippen MR) is 104 cm³/mol. The minimum Gasteiger partial charge on any atom is -0.448 e. The van der Waals surface area contributed by atoms with Gasteiger partial charge in [0.2, 0.25) is 0 Å². The van der Waals surface area contributed by atoms with Crippen molar-refractivity contribution >= 4 is 29.1 Å². The molecule has 2 amide bonds. The van der Waals surface area contributed by atoms with E-state index in [4.69, 9.17) is 4.74 Å². The molecule has 142 valence electrons. The lowest BCUT2D eigenvalue weighted by Crippen LogP contribution is -2.46. The highest BCUT2D eigenvalue weighted by atomic mass is 32.1. The van der Waals surface area contributed by atoms with E-state index in [0.29, 0.717) is 10.6 Å². The standard InChI is InChI=1S/C20H17N3O4S/c1-13(17(24)22-23-18(25)14-8-4-2-5-9-14)27-20(26)16-12-28-19(21-16)15-10-6-3-7-11-15/h2-13H,1H3,(H,22,24)(H,23,25)/t13-/m1/s1. The average Bonchev–Trinajstić information content (AvgIpc) is 3.23. The molecule has 0 spiro atoms. The summed E-state index contributed by atoms with van der Waals surface area (Å²) in [6, 6.07) is 17.8. The number of amides is 2. The summed E-state index contributed by atoms with van der Waals surface area (Å²) in [7, 11) is 0. The number of hydrogen-bond donors (Lipinski definition) is 2. The predicted octanol–water partition coefficient (Wildman–Crippen LogP) is 2.82. The normalized spacial score (nSPS) is 11.3. The molecule has 0 aliphatic carbocycles. The molecule has 1 atom stereocenters. The van der Waals surface area contributed by atoms with Crippen molar-refractivity contribution in [1.29, 1.82) is 0 Å². The molecule has 3 rings (SSSR count). The average molecular weight is 395 g/mol. The van der Waals surface area contributed by atoms with Crippen molar-refractivity contribution in [3.8, 4) is 10.6 Å². The van der Waals surface area contributed by atoms with E-state index in [9.17, 15) is 14.4 Å². The molecule has 2 aromatic carbocycles. The molecule has 0 aliphatic rings. The molecular formula is C20H17N3O4S. The van der Waals surface area contributed by atoms with Crippen LogP contribution in [0.2, 0.25) is 0 Å². The number of nitrogens with zero attached hydrogens (tertiary/aromatic N) is 1. The summed E-state index contributed by atoms with van der Waals surface area (Å²) in [5.74, 6) is -1.84. The monoisotopic (exact) mass is 395 g/mol. The molecule has 0 bridgehead atoms. The molecule has 7 nitrogen and oxygen atoms in total. The molecule has 0 aliphatic heterocycles. The Kier molecular flexibility index (Phi) is 6.13. The Morgan fingerprint density at radius 2 is 1.61 bits per heavy atom. The van der Waals surface area contributed by atoms with Gasteiger partial charge in [-0.05, 0) is 19.1 Å². The van der Waals surface area contributed by atoms with Crippen LogP contribution in [-0.4, -0.2) is 28.9 Å². The Morgan fingerprint density at radius 1 is 0.964 bits per heavy atom. The molecule has 28 heavy (non-hydrogen) atoms. The fraction of sp³-hybridized carbons (Fsp3) is 0.100. The fourth-order valence-corrected chi connectivity index (χ4v) is 3.03. The summed E-state index contributed by atoms with van der Waals surface area (Å²) in [5, 5.41) is 2.26. The molecule has 2 N–H and O–H groups in total. The molecule has 3 aromatic rings.